The third-order valence-electron chi connectivity index (χ3n) is 2.79. The predicted octanol–water partition coefficient (Wildman–Crippen LogP) is 3.01. The van der Waals surface area contributed by atoms with Crippen molar-refractivity contribution in [2.75, 3.05) is 5.32 Å². The van der Waals surface area contributed by atoms with Crippen molar-refractivity contribution in [2.24, 2.45) is 5.16 Å². The molecular weight excluding hydrogens is 324 g/mol. The first-order valence-corrected chi connectivity index (χ1v) is 6.60. The standard InChI is InChI=1S/C15H11F2N3O4/c16-11-4-5-14(13(17)7-11)19-15(21)8-18-24-9-10-2-1-3-12(6-10)20(22)23/h1-8H,9H2,(H,19,21). The molecule has 0 heterocycles. The lowest BCUT2D eigenvalue weighted by molar-refractivity contribution is -0.384. The van der Waals surface area contributed by atoms with Gasteiger partial charge in [-0.2, -0.15) is 0 Å². The highest BCUT2D eigenvalue weighted by atomic mass is 19.1. The van der Waals surface area contributed by atoms with E-state index in [0.717, 1.165) is 18.3 Å². The van der Waals surface area contributed by atoms with E-state index in [1.165, 1.54) is 18.2 Å². The summed E-state index contributed by atoms with van der Waals surface area (Å²) < 4.78 is 26.1. The van der Waals surface area contributed by atoms with Crippen LogP contribution in [0.4, 0.5) is 20.2 Å². The number of rotatable bonds is 6. The number of nitrogens with one attached hydrogen (secondary N) is 1. The van der Waals surface area contributed by atoms with Crippen molar-refractivity contribution in [1.29, 1.82) is 0 Å². The number of anilines is 1. The molecule has 9 heteroatoms. The molecule has 0 aliphatic rings. The highest BCUT2D eigenvalue weighted by Gasteiger charge is 2.07. The molecule has 0 saturated heterocycles. The van der Waals surface area contributed by atoms with E-state index in [1.807, 2.05) is 0 Å². The van der Waals surface area contributed by atoms with Crippen molar-refractivity contribution in [1.82, 2.24) is 0 Å². The zero-order chi connectivity index (χ0) is 17.5. The van der Waals surface area contributed by atoms with Gasteiger partial charge in [0.05, 0.1) is 10.6 Å². The van der Waals surface area contributed by atoms with Crippen molar-refractivity contribution in [3.05, 3.63) is 69.8 Å². The topological polar surface area (TPSA) is 93.8 Å². The smallest absolute Gasteiger partial charge is 0.270 e. The third kappa shape index (κ3) is 4.83. The molecule has 124 valence electrons. The van der Waals surface area contributed by atoms with E-state index < -0.39 is 22.5 Å². The average molecular weight is 335 g/mol. The van der Waals surface area contributed by atoms with Gasteiger partial charge in [0.25, 0.3) is 11.6 Å². The minimum Gasteiger partial charge on any atom is -0.391 e. The number of hydrogen-bond donors (Lipinski definition) is 1. The van der Waals surface area contributed by atoms with Gasteiger partial charge in [0, 0.05) is 18.2 Å². The third-order valence-corrected chi connectivity index (χ3v) is 2.79. The largest absolute Gasteiger partial charge is 0.391 e. The lowest BCUT2D eigenvalue weighted by Gasteiger charge is -2.03. The first kappa shape index (κ1) is 17.0. The fourth-order valence-corrected chi connectivity index (χ4v) is 1.71. The van der Waals surface area contributed by atoms with Gasteiger partial charge < -0.3 is 10.2 Å². The van der Waals surface area contributed by atoms with Crippen LogP contribution >= 0.6 is 0 Å². The van der Waals surface area contributed by atoms with Gasteiger partial charge >= 0.3 is 0 Å². The van der Waals surface area contributed by atoms with Gasteiger partial charge in [-0.1, -0.05) is 17.3 Å². The number of non-ortho nitro benzene ring substituents is 1. The Hall–Kier alpha value is -3.36. The zero-order valence-electron chi connectivity index (χ0n) is 12.1. The van der Waals surface area contributed by atoms with Crippen molar-refractivity contribution in [3.63, 3.8) is 0 Å². The lowest BCUT2D eigenvalue weighted by atomic mass is 10.2. The van der Waals surface area contributed by atoms with Crippen molar-refractivity contribution in [3.8, 4) is 0 Å². The summed E-state index contributed by atoms with van der Waals surface area (Å²) >= 11 is 0. The fraction of sp³-hybridized carbons (Fsp3) is 0.0667. The second kappa shape index (κ2) is 7.77. The van der Waals surface area contributed by atoms with Gasteiger partial charge in [0.2, 0.25) is 0 Å². The van der Waals surface area contributed by atoms with Gasteiger partial charge in [0.1, 0.15) is 24.5 Å². The van der Waals surface area contributed by atoms with Crippen LogP contribution in [0.15, 0.2) is 47.6 Å². The minimum atomic E-state index is -0.922. The first-order valence-electron chi connectivity index (χ1n) is 6.60. The van der Waals surface area contributed by atoms with Gasteiger partial charge in [0.15, 0.2) is 0 Å². The van der Waals surface area contributed by atoms with Crippen LogP contribution in [-0.4, -0.2) is 17.0 Å². The molecule has 0 saturated carbocycles. The highest BCUT2D eigenvalue weighted by Crippen LogP contribution is 2.15. The molecule has 1 amide bonds. The number of oxime groups is 1. The van der Waals surface area contributed by atoms with Crippen molar-refractivity contribution in [2.45, 2.75) is 6.61 Å². The summed E-state index contributed by atoms with van der Waals surface area (Å²) in [6, 6.07) is 8.42. The number of carbonyl (C=O) groups is 1. The summed E-state index contributed by atoms with van der Waals surface area (Å²) in [4.78, 5) is 26.4. The molecule has 2 rings (SSSR count). The van der Waals surface area contributed by atoms with E-state index in [1.54, 1.807) is 6.07 Å². The van der Waals surface area contributed by atoms with E-state index >= 15 is 0 Å². The lowest BCUT2D eigenvalue weighted by Crippen LogP contribution is -2.14. The van der Waals surface area contributed by atoms with Crippen LogP contribution < -0.4 is 5.32 Å². The number of hydrogen-bond acceptors (Lipinski definition) is 5. The summed E-state index contributed by atoms with van der Waals surface area (Å²) in [6.07, 6.45) is 0.764. The Kier molecular flexibility index (Phi) is 5.50. The monoisotopic (exact) mass is 335 g/mol. The van der Waals surface area contributed by atoms with Gasteiger partial charge in [-0.15, -0.1) is 0 Å². The van der Waals surface area contributed by atoms with Gasteiger partial charge in [-0.05, 0) is 17.7 Å². The number of benzene rings is 2. The SMILES string of the molecule is O=C(C=NOCc1cccc([N+](=O)[O-])c1)Nc1ccc(F)cc1F. The molecule has 0 radical (unpaired) electrons. The molecule has 0 aliphatic carbocycles. The first-order chi connectivity index (χ1) is 11.5. The summed E-state index contributed by atoms with van der Waals surface area (Å²) in [7, 11) is 0. The second-order valence-corrected chi connectivity index (χ2v) is 4.55. The maximum Gasteiger partial charge on any atom is 0.270 e. The molecule has 0 aromatic heterocycles. The van der Waals surface area contributed by atoms with Crippen LogP contribution in [0.5, 0.6) is 0 Å². The highest BCUT2D eigenvalue weighted by molar-refractivity contribution is 6.31. The van der Waals surface area contributed by atoms with Crippen molar-refractivity contribution < 1.29 is 23.3 Å². The maximum atomic E-state index is 13.3. The van der Waals surface area contributed by atoms with E-state index in [0.29, 0.717) is 11.6 Å². The maximum absolute atomic E-state index is 13.3. The van der Waals surface area contributed by atoms with Crippen molar-refractivity contribution >= 4 is 23.5 Å². The number of carbonyl (C=O) groups excluding carboxylic acids is 1. The van der Waals surface area contributed by atoms with E-state index in [2.05, 4.69) is 10.5 Å². The number of nitrogens with zero attached hydrogens (tertiary/aromatic N) is 2. The molecule has 0 atom stereocenters. The fourth-order valence-electron chi connectivity index (χ4n) is 1.71. The summed E-state index contributed by atoms with van der Waals surface area (Å²) in [5.41, 5.74) is 0.197. The Morgan fingerprint density at radius 3 is 2.79 bits per heavy atom. The van der Waals surface area contributed by atoms with E-state index in [9.17, 15) is 23.7 Å². The van der Waals surface area contributed by atoms with Crippen LogP contribution in [0.2, 0.25) is 0 Å². The quantitative estimate of drug-likeness (QED) is 0.499. The van der Waals surface area contributed by atoms with E-state index in [4.69, 9.17) is 4.84 Å². The summed E-state index contributed by atoms with van der Waals surface area (Å²) in [6.45, 7) is -0.0869. The number of nitro benzene ring substituents is 1. The molecular formula is C15H11F2N3O4. The Morgan fingerprint density at radius 1 is 1.29 bits per heavy atom. The normalized spacial score (nSPS) is 10.6. The van der Waals surface area contributed by atoms with Crippen LogP contribution in [0.1, 0.15) is 5.56 Å². The van der Waals surface area contributed by atoms with Gasteiger partial charge in [-0.25, -0.2) is 8.78 Å². The molecule has 2 aromatic carbocycles. The molecule has 0 spiro atoms. The molecule has 1 N–H and O–H groups in total. The number of halogens is 2. The average Bonchev–Trinajstić information content (AvgIpc) is 2.54. The summed E-state index contributed by atoms with van der Waals surface area (Å²) in [5.74, 6) is -2.46. The van der Waals surface area contributed by atoms with Crippen LogP contribution in [-0.2, 0) is 16.2 Å². The minimum absolute atomic E-state index is 0.0869. The van der Waals surface area contributed by atoms with Gasteiger partial charge in [-0.3, -0.25) is 14.9 Å². The number of amides is 1. The molecule has 24 heavy (non-hydrogen) atoms. The Labute approximate surface area is 134 Å². The Morgan fingerprint density at radius 2 is 2.08 bits per heavy atom. The van der Waals surface area contributed by atoms with E-state index in [-0.39, 0.29) is 18.0 Å². The molecule has 2 aromatic rings. The van der Waals surface area contributed by atoms with Crippen LogP contribution in [0, 0.1) is 21.7 Å². The predicted molar refractivity (Wildman–Crippen MR) is 81.4 cm³/mol. The molecule has 0 fully saturated rings. The van der Waals surface area contributed by atoms with Crippen LogP contribution in [0.25, 0.3) is 0 Å². The Bertz CT molecular complexity index is 796. The summed E-state index contributed by atoms with van der Waals surface area (Å²) in [5, 5.41) is 16.2. The Balaban J connectivity index is 1.86. The van der Waals surface area contributed by atoms with Crippen LogP contribution in [0.3, 0.4) is 0 Å². The second-order valence-electron chi connectivity index (χ2n) is 4.55. The zero-order valence-corrected chi connectivity index (χ0v) is 12.1. The molecule has 7 nitrogen and oxygen atoms in total. The molecule has 0 bridgehead atoms. The molecule has 0 aliphatic heterocycles. The number of nitro groups is 1. The molecule has 0 unspecified atom stereocenters.